The standard InChI is InChI=1S/C49H31N5S2/c55-41-28-27-38(49-53-47(34-17-8-3-9-18-34)52-48(54-49)35-25-23-32(24-26-35)31-13-4-1-5-14-31)30-40(41)36-19-12-20-37(29-36)43-45-44(39-21-10-11-22-42(39)56-45)51-46(50-43)33-15-6-2-7-16-33/h1-30,55H. The van der Waals surface area contributed by atoms with E-state index >= 15 is 0 Å². The van der Waals surface area contributed by atoms with E-state index in [1.54, 1.807) is 11.3 Å². The molecule has 10 rings (SSSR count). The number of fused-ring (bicyclic) bond motifs is 3. The van der Waals surface area contributed by atoms with Gasteiger partial charge in [0.15, 0.2) is 23.3 Å². The van der Waals surface area contributed by atoms with Crippen molar-refractivity contribution in [2.45, 2.75) is 4.90 Å². The van der Waals surface area contributed by atoms with Crippen LogP contribution in [-0.4, -0.2) is 24.9 Å². The molecule has 3 heterocycles. The van der Waals surface area contributed by atoms with E-state index in [9.17, 15) is 0 Å². The van der Waals surface area contributed by atoms with E-state index in [1.807, 2.05) is 66.7 Å². The number of thiol groups is 1. The fourth-order valence-electron chi connectivity index (χ4n) is 7.04. The first kappa shape index (κ1) is 33.7. The van der Waals surface area contributed by atoms with Crippen molar-refractivity contribution in [1.29, 1.82) is 0 Å². The molecule has 0 bridgehead atoms. The first-order chi connectivity index (χ1) is 27.6. The number of rotatable bonds is 7. The Bertz CT molecular complexity index is 3020. The average Bonchev–Trinajstić information content (AvgIpc) is 3.66. The van der Waals surface area contributed by atoms with Crippen LogP contribution in [0.1, 0.15) is 0 Å². The van der Waals surface area contributed by atoms with E-state index in [0.29, 0.717) is 23.3 Å². The molecule has 0 spiro atoms. The Morgan fingerprint density at radius 3 is 1.52 bits per heavy atom. The van der Waals surface area contributed by atoms with Gasteiger partial charge in [-0.15, -0.1) is 24.0 Å². The lowest BCUT2D eigenvalue weighted by molar-refractivity contribution is 1.07. The molecule has 0 fully saturated rings. The van der Waals surface area contributed by atoms with Crippen molar-refractivity contribution in [3.63, 3.8) is 0 Å². The molecule has 0 aliphatic rings. The number of benzene rings is 7. The minimum atomic E-state index is 0.585. The summed E-state index contributed by atoms with van der Waals surface area (Å²) >= 11 is 6.69. The van der Waals surface area contributed by atoms with Gasteiger partial charge in [-0.05, 0) is 46.5 Å². The smallest absolute Gasteiger partial charge is 0.164 e. The highest BCUT2D eigenvalue weighted by molar-refractivity contribution is 7.80. The van der Waals surface area contributed by atoms with Crippen LogP contribution in [-0.2, 0) is 0 Å². The van der Waals surface area contributed by atoms with E-state index < -0.39 is 0 Å². The van der Waals surface area contributed by atoms with Crippen molar-refractivity contribution in [3.8, 4) is 79.1 Å². The third-order valence-corrected chi connectivity index (χ3v) is 11.4. The third-order valence-electron chi connectivity index (χ3n) is 9.87. The fraction of sp³-hybridized carbons (Fsp3) is 0. The topological polar surface area (TPSA) is 64.5 Å². The molecule has 0 saturated carbocycles. The predicted molar refractivity (Wildman–Crippen MR) is 234 cm³/mol. The van der Waals surface area contributed by atoms with Crippen molar-refractivity contribution in [3.05, 3.63) is 182 Å². The van der Waals surface area contributed by atoms with Crippen LogP contribution in [0.15, 0.2) is 187 Å². The largest absolute Gasteiger partial charge is 0.226 e. The molecular formula is C49H31N5S2. The second-order valence-electron chi connectivity index (χ2n) is 13.5. The molecular weight excluding hydrogens is 723 g/mol. The molecule has 0 aliphatic carbocycles. The van der Waals surface area contributed by atoms with E-state index in [-0.39, 0.29) is 0 Å². The van der Waals surface area contributed by atoms with Gasteiger partial charge < -0.3 is 0 Å². The van der Waals surface area contributed by atoms with E-state index in [2.05, 4.69) is 115 Å². The summed E-state index contributed by atoms with van der Waals surface area (Å²) in [5.74, 6) is 2.51. The summed E-state index contributed by atoms with van der Waals surface area (Å²) in [5.41, 5.74) is 10.8. The molecule has 0 N–H and O–H groups in total. The maximum Gasteiger partial charge on any atom is 0.164 e. The maximum atomic E-state index is 5.21. The van der Waals surface area contributed by atoms with Gasteiger partial charge in [-0.25, -0.2) is 24.9 Å². The highest BCUT2D eigenvalue weighted by Gasteiger charge is 2.18. The second kappa shape index (κ2) is 14.5. The molecule has 0 aliphatic heterocycles. The molecule has 7 heteroatoms. The summed E-state index contributed by atoms with van der Waals surface area (Å²) in [6.07, 6.45) is 0. The molecule has 5 nitrogen and oxygen atoms in total. The van der Waals surface area contributed by atoms with Crippen LogP contribution in [0, 0.1) is 0 Å². The molecule has 0 radical (unpaired) electrons. The van der Waals surface area contributed by atoms with Gasteiger partial charge in [0.2, 0.25) is 0 Å². The first-order valence-electron chi connectivity index (χ1n) is 18.3. The summed E-state index contributed by atoms with van der Waals surface area (Å²) in [6, 6.07) is 62.1. The summed E-state index contributed by atoms with van der Waals surface area (Å²) in [7, 11) is 0. The Morgan fingerprint density at radius 2 is 0.839 bits per heavy atom. The summed E-state index contributed by atoms with van der Waals surface area (Å²) in [5, 5.41) is 1.13. The van der Waals surface area contributed by atoms with Crippen LogP contribution < -0.4 is 0 Å². The number of nitrogens with zero attached hydrogens (tertiary/aromatic N) is 5. The normalized spacial score (nSPS) is 11.3. The minimum absolute atomic E-state index is 0.585. The van der Waals surface area contributed by atoms with E-state index in [4.69, 9.17) is 37.5 Å². The summed E-state index contributed by atoms with van der Waals surface area (Å²) in [6.45, 7) is 0. The predicted octanol–water partition coefficient (Wildman–Crippen LogP) is 13.0. The van der Waals surface area contributed by atoms with Gasteiger partial charge in [0.1, 0.15) is 0 Å². The van der Waals surface area contributed by atoms with Crippen LogP contribution in [0.5, 0.6) is 0 Å². The summed E-state index contributed by atoms with van der Waals surface area (Å²) in [4.78, 5) is 26.2. The van der Waals surface area contributed by atoms with Crippen molar-refractivity contribution in [2.75, 3.05) is 0 Å². The zero-order valence-electron chi connectivity index (χ0n) is 29.9. The molecule has 56 heavy (non-hydrogen) atoms. The average molecular weight is 754 g/mol. The Labute approximate surface area is 333 Å². The quantitative estimate of drug-likeness (QED) is 0.164. The molecule has 3 aromatic heterocycles. The van der Waals surface area contributed by atoms with Crippen molar-refractivity contribution in [1.82, 2.24) is 24.9 Å². The molecule has 0 amide bonds. The second-order valence-corrected chi connectivity index (χ2v) is 15.0. The molecule has 10 aromatic rings. The van der Waals surface area contributed by atoms with Crippen LogP contribution in [0.2, 0.25) is 0 Å². The molecule has 264 valence electrons. The monoisotopic (exact) mass is 753 g/mol. The minimum Gasteiger partial charge on any atom is -0.226 e. The SMILES string of the molecule is Sc1ccc(-c2nc(-c3ccccc3)nc(-c3ccc(-c4ccccc4)cc3)n2)cc1-c1cccc(-c2nc(-c3ccccc3)nc3c2sc2ccccc23)c1. The van der Waals surface area contributed by atoms with Crippen molar-refractivity contribution in [2.24, 2.45) is 0 Å². The van der Waals surface area contributed by atoms with E-state index in [0.717, 1.165) is 76.3 Å². The van der Waals surface area contributed by atoms with Gasteiger partial charge in [-0.1, -0.05) is 158 Å². The van der Waals surface area contributed by atoms with Gasteiger partial charge in [-0.2, -0.15) is 0 Å². The lowest BCUT2D eigenvalue weighted by Crippen LogP contribution is -2.00. The van der Waals surface area contributed by atoms with Crippen molar-refractivity contribution >= 4 is 44.3 Å². The Hall–Kier alpha value is -6.80. The molecule has 0 saturated heterocycles. The van der Waals surface area contributed by atoms with Gasteiger partial charge in [-0.3, -0.25) is 0 Å². The molecule has 0 atom stereocenters. The van der Waals surface area contributed by atoms with E-state index in [1.165, 1.54) is 4.70 Å². The zero-order valence-corrected chi connectivity index (χ0v) is 31.6. The fourth-order valence-corrected chi connectivity index (χ4v) is 8.46. The summed E-state index contributed by atoms with van der Waals surface area (Å²) < 4.78 is 2.24. The van der Waals surface area contributed by atoms with Gasteiger partial charge in [0, 0.05) is 42.8 Å². The van der Waals surface area contributed by atoms with Crippen LogP contribution in [0.25, 0.3) is 99.4 Å². The Balaban J connectivity index is 1.08. The number of aromatic nitrogens is 5. The highest BCUT2D eigenvalue weighted by atomic mass is 32.1. The van der Waals surface area contributed by atoms with Crippen LogP contribution in [0.4, 0.5) is 0 Å². The zero-order chi connectivity index (χ0) is 37.4. The lowest BCUT2D eigenvalue weighted by Gasteiger charge is -2.12. The number of hydrogen-bond acceptors (Lipinski definition) is 7. The van der Waals surface area contributed by atoms with Gasteiger partial charge in [0.25, 0.3) is 0 Å². The highest BCUT2D eigenvalue weighted by Crippen LogP contribution is 2.41. The van der Waals surface area contributed by atoms with Crippen molar-refractivity contribution < 1.29 is 0 Å². The lowest BCUT2D eigenvalue weighted by atomic mass is 9.99. The van der Waals surface area contributed by atoms with Gasteiger partial charge >= 0.3 is 0 Å². The van der Waals surface area contributed by atoms with Crippen LogP contribution in [0.3, 0.4) is 0 Å². The third kappa shape index (κ3) is 6.43. The molecule has 0 unspecified atom stereocenters. The Morgan fingerprint density at radius 1 is 0.357 bits per heavy atom. The Kier molecular flexibility index (Phi) is 8.71. The van der Waals surface area contributed by atoms with Crippen LogP contribution >= 0.6 is 24.0 Å². The molecule has 7 aromatic carbocycles. The number of thiophene rings is 1. The first-order valence-corrected chi connectivity index (χ1v) is 19.6. The number of hydrogen-bond donors (Lipinski definition) is 1. The maximum absolute atomic E-state index is 5.21. The van der Waals surface area contributed by atoms with Gasteiger partial charge in [0.05, 0.1) is 15.9 Å².